The van der Waals surface area contributed by atoms with E-state index >= 15 is 0 Å². The molecule has 0 fully saturated rings. The molecule has 2 aromatic rings. The van der Waals surface area contributed by atoms with E-state index in [1.165, 1.54) is 6.07 Å². The third-order valence-electron chi connectivity index (χ3n) is 2.57. The fraction of sp³-hybridized carbons (Fsp3) is 0.231. The molecule has 0 saturated carbocycles. The molecule has 0 unspecified atom stereocenters. The molecule has 0 spiro atoms. The van der Waals surface area contributed by atoms with Gasteiger partial charge in [-0.15, -0.1) is 0 Å². The van der Waals surface area contributed by atoms with Crippen molar-refractivity contribution in [3.8, 4) is 0 Å². The van der Waals surface area contributed by atoms with Crippen molar-refractivity contribution < 1.29 is 13.2 Å². The highest BCUT2D eigenvalue weighted by Crippen LogP contribution is 2.23. The summed E-state index contributed by atoms with van der Waals surface area (Å²) in [6, 6.07) is 2.66. The van der Waals surface area contributed by atoms with Crippen molar-refractivity contribution in [3.05, 3.63) is 35.7 Å². The number of benzene rings is 1. The Labute approximate surface area is 119 Å². The molecule has 1 aromatic carbocycles. The van der Waals surface area contributed by atoms with Crippen LogP contribution in [-0.4, -0.2) is 16.5 Å². The first-order chi connectivity index (χ1) is 9.99. The third-order valence-corrected chi connectivity index (χ3v) is 2.57. The van der Waals surface area contributed by atoms with Crippen LogP contribution in [0.1, 0.15) is 13.3 Å². The number of nitrogens with one attached hydrogen (secondary N) is 2. The summed E-state index contributed by atoms with van der Waals surface area (Å²) in [6.07, 6.45) is 0.879. The second kappa shape index (κ2) is 6.29. The van der Waals surface area contributed by atoms with Crippen molar-refractivity contribution in [3.63, 3.8) is 0 Å². The maximum atomic E-state index is 13.6. The van der Waals surface area contributed by atoms with E-state index < -0.39 is 17.5 Å². The lowest BCUT2D eigenvalue weighted by atomic mass is 10.3. The van der Waals surface area contributed by atoms with Gasteiger partial charge in [0.25, 0.3) is 0 Å². The molecule has 2 rings (SSSR count). The first-order valence-electron chi connectivity index (χ1n) is 6.29. The number of aromatic nitrogens is 2. The number of hydrogen-bond donors (Lipinski definition) is 3. The van der Waals surface area contributed by atoms with Crippen LogP contribution in [0.25, 0.3) is 0 Å². The van der Waals surface area contributed by atoms with Gasteiger partial charge in [-0.25, -0.2) is 13.2 Å². The van der Waals surface area contributed by atoms with Gasteiger partial charge in [-0.2, -0.15) is 9.97 Å². The Bertz CT molecular complexity index is 648. The van der Waals surface area contributed by atoms with Gasteiger partial charge in [0.05, 0.1) is 5.69 Å². The average Bonchev–Trinajstić information content (AvgIpc) is 2.42. The number of nitrogen functional groups attached to an aromatic ring is 1. The maximum absolute atomic E-state index is 13.6. The molecule has 0 atom stereocenters. The fourth-order valence-electron chi connectivity index (χ4n) is 1.63. The van der Waals surface area contributed by atoms with Crippen LogP contribution in [0.3, 0.4) is 0 Å². The van der Waals surface area contributed by atoms with E-state index in [0.717, 1.165) is 6.42 Å². The molecule has 1 heterocycles. The lowest BCUT2D eigenvalue weighted by Gasteiger charge is -2.10. The summed E-state index contributed by atoms with van der Waals surface area (Å²) in [5.41, 5.74) is 5.30. The van der Waals surface area contributed by atoms with Crippen LogP contribution in [0.5, 0.6) is 0 Å². The first kappa shape index (κ1) is 14.9. The highest BCUT2D eigenvalue weighted by atomic mass is 19.2. The monoisotopic (exact) mass is 297 g/mol. The van der Waals surface area contributed by atoms with Crippen LogP contribution in [0.15, 0.2) is 18.2 Å². The van der Waals surface area contributed by atoms with E-state index in [-0.39, 0.29) is 17.5 Å². The van der Waals surface area contributed by atoms with Crippen molar-refractivity contribution in [2.24, 2.45) is 0 Å². The Kier molecular flexibility index (Phi) is 4.46. The molecule has 21 heavy (non-hydrogen) atoms. The van der Waals surface area contributed by atoms with E-state index in [1.54, 1.807) is 0 Å². The zero-order valence-electron chi connectivity index (χ0n) is 11.3. The number of hydrogen-bond acceptors (Lipinski definition) is 5. The van der Waals surface area contributed by atoms with Crippen LogP contribution < -0.4 is 16.4 Å². The van der Waals surface area contributed by atoms with Gasteiger partial charge < -0.3 is 16.4 Å². The van der Waals surface area contributed by atoms with Gasteiger partial charge in [0.1, 0.15) is 17.5 Å². The van der Waals surface area contributed by atoms with Gasteiger partial charge in [0, 0.05) is 24.7 Å². The number of halogens is 3. The van der Waals surface area contributed by atoms with Crippen molar-refractivity contribution in [2.45, 2.75) is 13.3 Å². The molecule has 0 bridgehead atoms. The fourth-order valence-corrected chi connectivity index (χ4v) is 1.63. The normalized spacial score (nSPS) is 10.5. The number of rotatable bonds is 5. The molecule has 0 aliphatic heterocycles. The molecule has 112 valence electrons. The predicted octanol–water partition coefficient (Wildman–Crippen LogP) is 3.04. The van der Waals surface area contributed by atoms with E-state index in [2.05, 4.69) is 20.6 Å². The second-order valence-electron chi connectivity index (χ2n) is 4.29. The third kappa shape index (κ3) is 3.74. The predicted molar refractivity (Wildman–Crippen MR) is 74.8 cm³/mol. The van der Waals surface area contributed by atoms with Crippen molar-refractivity contribution in [1.29, 1.82) is 0 Å². The quantitative estimate of drug-likeness (QED) is 0.740. The summed E-state index contributed by atoms with van der Waals surface area (Å²) in [7, 11) is 0. The smallest absolute Gasteiger partial charge is 0.223 e. The molecule has 4 N–H and O–H groups in total. The molecule has 0 radical (unpaired) electrons. The Morgan fingerprint density at radius 1 is 1.00 bits per heavy atom. The van der Waals surface area contributed by atoms with Crippen molar-refractivity contribution >= 4 is 23.3 Å². The molecular formula is C13H14F3N5. The lowest BCUT2D eigenvalue weighted by Crippen LogP contribution is -2.07. The van der Waals surface area contributed by atoms with Crippen molar-refractivity contribution in [2.75, 3.05) is 22.9 Å². The molecule has 0 aliphatic carbocycles. The minimum absolute atomic E-state index is 0.0263. The SMILES string of the molecule is CCCNc1cc(Nc2cc(F)c(F)cc2F)nc(N)n1. The summed E-state index contributed by atoms with van der Waals surface area (Å²) in [6.45, 7) is 2.66. The minimum atomic E-state index is -1.26. The second-order valence-corrected chi connectivity index (χ2v) is 4.29. The zero-order chi connectivity index (χ0) is 15.4. The van der Waals surface area contributed by atoms with Gasteiger partial charge in [-0.3, -0.25) is 0 Å². The van der Waals surface area contributed by atoms with Crippen LogP contribution in [0, 0.1) is 17.5 Å². The van der Waals surface area contributed by atoms with Gasteiger partial charge >= 0.3 is 0 Å². The Morgan fingerprint density at radius 3 is 2.38 bits per heavy atom. The highest BCUT2D eigenvalue weighted by molar-refractivity contribution is 5.61. The standard InChI is InChI=1S/C13H14F3N5/c1-2-3-18-11-6-12(21-13(17)20-11)19-10-5-8(15)7(14)4-9(10)16/h4-6H,2-3H2,1H3,(H4,17,18,19,20,21). The van der Waals surface area contributed by atoms with Gasteiger partial charge in [0.2, 0.25) is 5.95 Å². The van der Waals surface area contributed by atoms with Crippen LogP contribution in [0.4, 0.5) is 36.4 Å². The molecular weight excluding hydrogens is 283 g/mol. The van der Waals surface area contributed by atoms with Crippen LogP contribution in [0.2, 0.25) is 0 Å². The Balaban J connectivity index is 2.27. The summed E-state index contributed by atoms with van der Waals surface area (Å²) >= 11 is 0. The molecule has 0 saturated heterocycles. The van der Waals surface area contributed by atoms with Crippen molar-refractivity contribution in [1.82, 2.24) is 9.97 Å². The molecule has 5 nitrogen and oxygen atoms in total. The minimum Gasteiger partial charge on any atom is -0.370 e. The Hall–Kier alpha value is -2.51. The van der Waals surface area contributed by atoms with E-state index in [0.29, 0.717) is 24.5 Å². The van der Waals surface area contributed by atoms with Gasteiger partial charge in [0.15, 0.2) is 11.6 Å². The molecule has 8 heteroatoms. The summed E-state index contributed by atoms with van der Waals surface area (Å²) in [5, 5.41) is 5.54. The molecule has 0 aliphatic rings. The summed E-state index contributed by atoms with van der Waals surface area (Å²) in [5.74, 6) is -2.76. The number of anilines is 4. The first-order valence-corrected chi connectivity index (χ1v) is 6.29. The van der Waals surface area contributed by atoms with E-state index in [9.17, 15) is 13.2 Å². The van der Waals surface area contributed by atoms with Crippen LogP contribution in [-0.2, 0) is 0 Å². The van der Waals surface area contributed by atoms with E-state index in [4.69, 9.17) is 5.73 Å². The Morgan fingerprint density at radius 2 is 1.67 bits per heavy atom. The van der Waals surface area contributed by atoms with Crippen LogP contribution >= 0.6 is 0 Å². The molecule has 1 aromatic heterocycles. The lowest BCUT2D eigenvalue weighted by molar-refractivity contribution is 0.496. The topological polar surface area (TPSA) is 75.9 Å². The van der Waals surface area contributed by atoms with Gasteiger partial charge in [-0.05, 0) is 6.42 Å². The largest absolute Gasteiger partial charge is 0.370 e. The zero-order valence-corrected chi connectivity index (χ0v) is 11.3. The average molecular weight is 297 g/mol. The van der Waals surface area contributed by atoms with Gasteiger partial charge in [-0.1, -0.05) is 6.92 Å². The molecule has 0 amide bonds. The highest BCUT2D eigenvalue weighted by Gasteiger charge is 2.11. The number of nitrogens with two attached hydrogens (primary N) is 1. The summed E-state index contributed by atoms with van der Waals surface area (Å²) in [4.78, 5) is 7.82. The maximum Gasteiger partial charge on any atom is 0.223 e. The summed E-state index contributed by atoms with van der Waals surface area (Å²) < 4.78 is 39.6. The number of nitrogens with zero attached hydrogens (tertiary/aromatic N) is 2. The van der Waals surface area contributed by atoms with E-state index in [1.807, 2.05) is 6.92 Å².